The van der Waals surface area contributed by atoms with Crippen LogP contribution in [0.4, 0.5) is 26.3 Å². The van der Waals surface area contributed by atoms with Gasteiger partial charge in [-0.3, -0.25) is 0 Å². The van der Waals surface area contributed by atoms with E-state index in [0.29, 0.717) is 11.2 Å². The summed E-state index contributed by atoms with van der Waals surface area (Å²) < 4.78 is 129. The van der Waals surface area contributed by atoms with Crippen LogP contribution in [0.25, 0.3) is 66.4 Å². The van der Waals surface area contributed by atoms with Crippen molar-refractivity contribution in [3.05, 3.63) is 300 Å². The maximum atomic E-state index is 12.4. The maximum Gasteiger partial charge on any atom is 0.485 e. The van der Waals surface area contributed by atoms with E-state index in [1.165, 1.54) is 48.4 Å². The summed E-state index contributed by atoms with van der Waals surface area (Å²) in [5.74, 6) is 0. The molecule has 20 heteroatoms. The SMILES string of the molecule is O=S(=O)([O-])C(F)(F)F.O=S(=O)([O-])C(F)(F)F.O=c1ccc2ccc([S+](c3ccccc3)c3cc(-c4ccccc4)c(-c4ccccc4)c(-c4ccccc4)c3-c3ccccc3)cc2o1.O=c1ccc2ccc([S+](c3ccccc3)c3ccccc3)cc2o1. The predicted octanol–water partition coefficient (Wildman–Crippen LogP) is 16.5. The van der Waals surface area contributed by atoms with Gasteiger partial charge in [0.25, 0.3) is 0 Å². The standard InChI is InChI=1S/C45H31O2S.C21H15O2S.2CHF3O3S/c46-42-29-27-33-26-28-38(30-40(33)47-42)48(37-24-14-5-15-25-37)41-31-39(32-16-6-1-7-17-32)43(34-18-8-2-9-19-34)45(36-22-12-4-13-23-36)44(41)35-20-10-3-11-21-35;22-21-14-12-16-11-13-19(15-20(16)23-21)24(17-7-3-1-4-8-17)18-9-5-2-6-10-18;2*2-1(3,4)8(5,6)7/h1-31H;1-15H;2*(H,5,6,7)/q2*+1;;/p-2. The van der Waals surface area contributed by atoms with E-state index in [9.17, 15) is 35.9 Å². The van der Waals surface area contributed by atoms with Crippen molar-refractivity contribution in [3.63, 3.8) is 0 Å². The zero-order valence-electron chi connectivity index (χ0n) is 45.5. The summed E-state index contributed by atoms with van der Waals surface area (Å²) in [6.07, 6.45) is 0. The topological polar surface area (TPSA) is 175 Å². The molecular formula is C68H46F6O10S4. The molecule has 1 unspecified atom stereocenters. The second-order valence-electron chi connectivity index (χ2n) is 18.8. The van der Waals surface area contributed by atoms with Gasteiger partial charge in [0.1, 0.15) is 22.1 Å². The molecule has 12 aromatic rings. The molecule has 444 valence electrons. The highest BCUT2D eigenvalue weighted by Gasteiger charge is 2.39. The summed E-state index contributed by atoms with van der Waals surface area (Å²) in [4.78, 5) is 31.0. The van der Waals surface area contributed by atoms with Crippen LogP contribution in [-0.4, -0.2) is 37.0 Å². The third-order valence-corrected chi connectivity index (χ3v) is 18.5. The van der Waals surface area contributed by atoms with Gasteiger partial charge >= 0.3 is 22.3 Å². The van der Waals surface area contributed by atoms with Gasteiger partial charge < -0.3 is 17.9 Å². The van der Waals surface area contributed by atoms with Gasteiger partial charge in [0.2, 0.25) is 0 Å². The Bertz CT molecular complexity index is 4600. The van der Waals surface area contributed by atoms with Crippen LogP contribution >= 0.6 is 0 Å². The van der Waals surface area contributed by atoms with Crippen molar-refractivity contribution in [1.29, 1.82) is 0 Å². The molecule has 0 amide bonds. The first-order valence-corrected chi connectivity index (χ1v) is 31.5. The van der Waals surface area contributed by atoms with E-state index < -0.39 is 42.1 Å². The minimum atomic E-state index is -6.09. The minimum Gasteiger partial charge on any atom is -0.741 e. The van der Waals surface area contributed by atoms with Crippen LogP contribution in [0.2, 0.25) is 0 Å². The fraction of sp³-hybridized carbons (Fsp3) is 0.0294. The molecule has 0 saturated heterocycles. The third-order valence-electron chi connectivity index (χ3n) is 12.9. The van der Waals surface area contributed by atoms with Crippen LogP contribution in [0.15, 0.2) is 327 Å². The van der Waals surface area contributed by atoms with Crippen molar-refractivity contribution >= 4 is 64.0 Å². The monoisotopic (exact) mass is 1260 g/mol. The van der Waals surface area contributed by atoms with Crippen molar-refractivity contribution in [2.45, 2.75) is 40.4 Å². The van der Waals surface area contributed by atoms with Crippen LogP contribution < -0.4 is 11.3 Å². The predicted molar refractivity (Wildman–Crippen MR) is 328 cm³/mol. The molecule has 0 fully saturated rings. The van der Waals surface area contributed by atoms with Crippen LogP contribution in [0.5, 0.6) is 0 Å². The third kappa shape index (κ3) is 15.5. The molecule has 10 aromatic carbocycles. The molecular weight excluding hydrogens is 1220 g/mol. The molecule has 0 bridgehead atoms. The van der Waals surface area contributed by atoms with Crippen molar-refractivity contribution in [1.82, 2.24) is 0 Å². The van der Waals surface area contributed by atoms with Crippen molar-refractivity contribution in [2.24, 2.45) is 0 Å². The van der Waals surface area contributed by atoms with E-state index in [1.54, 1.807) is 6.07 Å². The lowest BCUT2D eigenvalue weighted by Gasteiger charge is -2.23. The van der Waals surface area contributed by atoms with E-state index in [4.69, 9.17) is 34.8 Å². The van der Waals surface area contributed by atoms with E-state index in [-0.39, 0.29) is 22.1 Å². The molecule has 0 N–H and O–H groups in total. The molecule has 88 heavy (non-hydrogen) atoms. The van der Waals surface area contributed by atoms with Gasteiger partial charge in [0, 0.05) is 52.2 Å². The highest BCUT2D eigenvalue weighted by atomic mass is 32.2. The van der Waals surface area contributed by atoms with Crippen molar-refractivity contribution in [3.8, 4) is 44.5 Å². The lowest BCUT2D eigenvalue weighted by Crippen LogP contribution is -2.21. The van der Waals surface area contributed by atoms with Gasteiger partial charge in [-0.05, 0) is 106 Å². The van der Waals surface area contributed by atoms with Gasteiger partial charge in [-0.15, -0.1) is 0 Å². The fourth-order valence-corrected chi connectivity index (χ4v) is 13.6. The van der Waals surface area contributed by atoms with Crippen LogP contribution in [-0.2, 0) is 42.0 Å². The lowest BCUT2D eigenvalue weighted by atomic mass is 9.83. The van der Waals surface area contributed by atoms with Gasteiger partial charge in [0.15, 0.2) is 49.6 Å². The molecule has 0 aliphatic rings. The van der Waals surface area contributed by atoms with Crippen LogP contribution in [0.1, 0.15) is 0 Å². The van der Waals surface area contributed by atoms with Gasteiger partial charge in [-0.1, -0.05) is 176 Å². The first kappa shape index (κ1) is 63.2. The molecule has 2 aromatic heterocycles. The molecule has 1 atom stereocenters. The smallest absolute Gasteiger partial charge is 0.485 e. The van der Waals surface area contributed by atoms with Crippen LogP contribution in [0, 0.1) is 0 Å². The van der Waals surface area contributed by atoms with Crippen molar-refractivity contribution < 1.29 is 61.1 Å². The summed E-state index contributed by atoms with van der Waals surface area (Å²) in [6.45, 7) is 0. The largest absolute Gasteiger partial charge is 0.741 e. The number of hydrogen-bond donors (Lipinski definition) is 0. The average molecular weight is 1270 g/mol. The number of halogens is 6. The number of fused-ring (bicyclic) bond motifs is 2. The maximum absolute atomic E-state index is 12.4. The molecule has 0 radical (unpaired) electrons. The number of hydrogen-bond acceptors (Lipinski definition) is 10. The Morgan fingerprint density at radius 2 is 0.602 bits per heavy atom. The zero-order chi connectivity index (χ0) is 62.6. The van der Waals surface area contributed by atoms with Gasteiger partial charge in [-0.2, -0.15) is 26.3 Å². The molecule has 0 saturated carbocycles. The van der Waals surface area contributed by atoms with E-state index in [0.717, 1.165) is 48.4 Å². The number of alkyl halides is 6. The van der Waals surface area contributed by atoms with Gasteiger partial charge in [-0.25, -0.2) is 26.4 Å². The minimum absolute atomic E-state index is 0.239. The highest BCUT2D eigenvalue weighted by molar-refractivity contribution is 7.97. The summed E-state index contributed by atoms with van der Waals surface area (Å²) >= 11 is 0. The Morgan fingerprint density at radius 3 is 0.955 bits per heavy atom. The molecule has 12 rings (SSSR count). The first-order valence-electron chi connectivity index (χ1n) is 26.2. The fourth-order valence-electron chi connectivity index (χ4n) is 9.16. The second-order valence-corrected chi connectivity index (χ2v) is 25.5. The Labute approximate surface area is 506 Å². The summed E-state index contributed by atoms with van der Waals surface area (Å²) in [5, 5.41) is 1.83. The van der Waals surface area contributed by atoms with E-state index >= 15 is 0 Å². The second kappa shape index (κ2) is 27.6. The Kier molecular flexibility index (Phi) is 19.8. The molecule has 10 nitrogen and oxygen atoms in total. The van der Waals surface area contributed by atoms with E-state index in [2.05, 4.69) is 231 Å². The lowest BCUT2D eigenvalue weighted by molar-refractivity contribution is -0.0522. The molecule has 0 spiro atoms. The zero-order valence-corrected chi connectivity index (χ0v) is 48.8. The summed E-state index contributed by atoms with van der Waals surface area (Å²) in [7, 11) is -13.0. The molecule has 2 heterocycles. The van der Waals surface area contributed by atoms with Crippen LogP contribution in [0.3, 0.4) is 0 Å². The molecule has 0 aliphatic carbocycles. The number of benzene rings is 10. The number of rotatable bonds is 10. The average Bonchev–Trinajstić information content (AvgIpc) is 0.788. The van der Waals surface area contributed by atoms with Crippen molar-refractivity contribution in [2.75, 3.05) is 0 Å². The Hall–Kier alpha value is -9.28. The first-order chi connectivity index (χ1) is 42.1. The van der Waals surface area contributed by atoms with E-state index in [1.807, 2.05) is 30.3 Å². The molecule has 0 aliphatic heterocycles. The summed E-state index contributed by atoms with van der Waals surface area (Å²) in [6, 6.07) is 95.8. The van der Waals surface area contributed by atoms with Gasteiger partial charge in [0.05, 0.1) is 10.9 Å². The Morgan fingerprint density at radius 1 is 0.318 bits per heavy atom. The Balaban J connectivity index is 0.000000189. The normalized spacial score (nSPS) is 12.0. The quantitative estimate of drug-likeness (QED) is 0.0421. The highest BCUT2D eigenvalue weighted by Crippen LogP contribution is 2.51. The summed E-state index contributed by atoms with van der Waals surface area (Å²) in [5.41, 5.74) is -1.43.